The van der Waals surface area contributed by atoms with Gasteiger partial charge >= 0.3 is 6.03 Å². The second-order valence-electron chi connectivity index (χ2n) is 11.0. The number of hydrogen-bond donors (Lipinski definition) is 3. The summed E-state index contributed by atoms with van der Waals surface area (Å²) in [5.41, 5.74) is 1.79. The lowest BCUT2D eigenvalue weighted by Gasteiger charge is -2.39. The minimum Gasteiger partial charge on any atom is -0.385 e. The highest BCUT2D eigenvalue weighted by atomic mass is 35.5. The first kappa shape index (κ1) is 27.7. The highest BCUT2D eigenvalue weighted by Crippen LogP contribution is 2.35. The van der Waals surface area contributed by atoms with Crippen molar-refractivity contribution in [3.8, 4) is 0 Å². The normalized spacial score (nSPS) is 19.1. The molecule has 202 valence electrons. The molecule has 0 saturated carbocycles. The number of likely N-dealkylation sites (tertiary alicyclic amines) is 1. The van der Waals surface area contributed by atoms with Crippen LogP contribution in [0.15, 0.2) is 48.5 Å². The van der Waals surface area contributed by atoms with Crippen molar-refractivity contribution in [2.75, 3.05) is 36.4 Å². The van der Waals surface area contributed by atoms with Crippen LogP contribution in [0.3, 0.4) is 0 Å². The van der Waals surface area contributed by atoms with E-state index in [-0.39, 0.29) is 12.1 Å². The van der Waals surface area contributed by atoms with Crippen LogP contribution >= 0.6 is 11.6 Å². The lowest BCUT2D eigenvalue weighted by atomic mass is 9.84. The molecule has 0 unspecified atom stereocenters. The van der Waals surface area contributed by atoms with Gasteiger partial charge in [-0.1, -0.05) is 23.7 Å². The van der Waals surface area contributed by atoms with Crippen LogP contribution in [0.25, 0.3) is 0 Å². The number of carbonyl (C=O) groups excluding carboxylic acids is 1. The van der Waals surface area contributed by atoms with Crippen molar-refractivity contribution in [1.82, 2.24) is 9.62 Å². The molecule has 37 heavy (non-hydrogen) atoms. The Kier molecular flexibility index (Phi) is 8.09. The minimum absolute atomic E-state index is 0.158. The Morgan fingerprint density at radius 2 is 1.54 bits per heavy atom. The number of sulfonamides is 1. The van der Waals surface area contributed by atoms with Crippen LogP contribution in [0.5, 0.6) is 0 Å². The number of urea groups is 1. The number of hydrogen-bond acceptors (Lipinski definition) is 5. The van der Waals surface area contributed by atoms with Crippen LogP contribution in [0.2, 0.25) is 5.02 Å². The molecular weight excluding hydrogens is 512 g/mol. The van der Waals surface area contributed by atoms with E-state index >= 15 is 0 Å². The quantitative estimate of drug-likeness (QED) is 0.509. The number of anilines is 2. The van der Waals surface area contributed by atoms with E-state index in [0.29, 0.717) is 49.5 Å². The fourth-order valence-corrected chi connectivity index (χ4v) is 5.89. The van der Waals surface area contributed by atoms with Gasteiger partial charge in [0.25, 0.3) is 0 Å². The van der Waals surface area contributed by atoms with Crippen molar-refractivity contribution in [3.05, 3.63) is 59.1 Å². The van der Waals surface area contributed by atoms with Crippen molar-refractivity contribution in [1.29, 1.82) is 0 Å². The zero-order chi connectivity index (χ0) is 26.8. The van der Waals surface area contributed by atoms with E-state index in [9.17, 15) is 18.3 Å². The molecule has 2 saturated heterocycles. The van der Waals surface area contributed by atoms with Crippen molar-refractivity contribution in [2.24, 2.45) is 0 Å². The molecule has 0 radical (unpaired) electrons. The zero-order valence-electron chi connectivity index (χ0n) is 21.7. The Hall–Kier alpha value is -2.33. The predicted octanol–water partition coefficient (Wildman–Crippen LogP) is 4.54. The van der Waals surface area contributed by atoms with E-state index in [0.717, 1.165) is 24.3 Å². The molecule has 2 heterocycles. The summed E-state index contributed by atoms with van der Waals surface area (Å²) < 4.78 is 26.7. The highest BCUT2D eigenvalue weighted by Gasteiger charge is 2.35. The van der Waals surface area contributed by atoms with E-state index in [1.807, 2.05) is 48.5 Å². The molecule has 10 heteroatoms. The van der Waals surface area contributed by atoms with E-state index in [2.05, 4.69) is 14.9 Å². The second-order valence-corrected chi connectivity index (χ2v) is 13.9. The molecule has 8 nitrogen and oxygen atoms in total. The molecule has 0 bridgehead atoms. The summed E-state index contributed by atoms with van der Waals surface area (Å²) in [7, 11) is -3.41. The lowest BCUT2D eigenvalue weighted by molar-refractivity contribution is 0.0118. The number of aliphatic hydroxyl groups is 1. The molecule has 0 atom stereocenters. The minimum atomic E-state index is -3.41. The average molecular weight is 549 g/mol. The molecule has 4 rings (SSSR count). The van der Waals surface area contributed by atoms with Gasteiger partial charge in [0.2, 0.25) is 10.0 Å². The van der Waals surface area contributed by atoms with Gasteiger partial charge in [-0.05, 0) is 88.4 Å². The molecule has 0 spiro atoms. The number of nitrogens with one attached hydrogen (secondary N) is 2. The summed E-state index contributed by atoms with van der Waals surface area (Å²) in [4.78, 5) is 16.7. The molecular formula is C27H37ClN4O4S. The highest BCUT2D eigenvalue weighted by molar-refractivity contribution is 7.90. The van der Waals surface area contributed by atoms with Gasteiger partial charge in [-0.2, -0.15) is 0 Å². The van der Waals surface area contributed by atoms with Crippen molar-refractivity contribution in [3.63, 3.8) is 0 Å². The number of amides is 2. The first-order chi connectivity index (χ1) is 17.4. The molecule has 0 aromatic heterocycles. The van der Waals surface area contributed by atoms with Gasteiger partial charge in [0.15, 0.2) is 0 Å². The summed E-state index contributed by atoms with van der Waals surface area (Å²) in [5.74, 6) is 0. The summed E-state index contributed by atoms with van der Waals surface area (Å²) in [5, 5.41) is 14.7. The number of rotatable bonds is 5. The van der Waals surface area contributed by atoms with Crippen LogP contribution < -0.4 is 14.9 Å². The summed E-state index contributed by atoms with van der Waals surface area (Å²) in [6, 6.07) is 14.8. The van der Waals surface area contributed by atoms with Crippen LogP contribution in [-0.4, -0.2) is 61.4 Å². The summed E-state index contributed by atoms with van der Waals surface area (Å²) >= 11 is 5.99. The van der Waals surface area contributed by atoms with Crippen molar-refractivity contribution < 1.29 is 18.3 Å². The van der Waals surface area contributed by atoms with Gasteiger partial charge in [-0.15, -0.1) is 0 Å². The maximum absolute atomic E-state index is 12.8. The van der Waals surface area contributed by atoms with Crippen LogP contribution in [0.1, 0.15) is 52.0 Å². The van der Waals surface area contributed by atoms with Gasteiger partial charge in [0.1, 0.15) is 0 Å². The Balaban J connectivity index is 1.26. The maximum atomic E-state index is 12.8. The monoisotopic (exact) mass is 548 g/mol. The summed E-state index contributed by atoms with van der Waals surface area (Å²) in [6.07, 6.45) is 2.40. The van der Waals surface area contributed by atoms with E-state index in [1.54, 1.807) is 25.7 Å². The third kappa shape index (κ3) is 6.57. The van der Waals surface area contributed by atoms with Crippen molar-refractivity contribution in [2.45, 2.75) is 62.8 Å². The van der Waals surface area contributed by atoms with Gasteiger partial charge in [0.05, 0.1) is 10.3 Å². The van der Waals surface area contributed by atoms with E-state index in [4.69, 9.17) is 11.6 Å². The average Bonchev–Trinajstić information content (AvgIpc) is 2.85. The lowest BCUT2D eigenvalue weighted by Crippen LogP contribution is -2.50. The van der Waals surface area contributed by atoms with Crippen molar-refractivity contribution >= 4 is 39.0 Å². The smallest absolute Gasteiger partial charge is 0.321 e. The molecule has 0 aliphatic carbocycles. The third-order valence-corrected chi connectivity index (χ3v) is 9.87. The Labute approximate surface area is 225 Å². The third-order valence-electron chi connectivity index (χ3n) is 7.37. The zero-order valence-corrected chi connectivity index (χ0v) is 23.3. The second kappa shape index (κ2) is 10.8. The van der Waals surface area contributed by atoms with Gasteiger partial charge in [-0.3, -0.25) is 0 Å². The number of piperidine rings is 2. The van der Waals surface area contributed by atoms with Gasteiger partial charge in [0, 0.05) is 48.6 Å². The largest absolute Gasteiger partial charge is 0.385 e. The number of carbonyl (C=O) groups is 1. The Bertz CT molecular complexity index is 1180. The molecule has 2 fully saturated rings. The predicted molar refractivity (Wildman–Crippen MR) is 149 cm³/mol. The number of halogens is 1. The van der Waals surface area contributed by atoms with Gasteiger partial charge in [-0.25, -0.2) is 17.9 Å². The number of benzene rings is 2. The maximum Gasteiger partial charge on any atom is 0.321 e. The number of nitrogens with zero attached hydrogens (tertiary/aromatic N) is 2. The molecule has 2 aliphatic heterocycles. The van der Waals surface area contributed by atoms with Crippen LogP contribution in [0.4, 0.5) is 16.2 Å². The van der Waals surface area contributed by atoms with E-state index in [1.165, 1.54) is 0 Å². The molecule has 2 aliphatic rings. The first-order valence-corrected chi connectivity index (χ1v) is 14.6. The van der Waals surface area contributed by atoms with E-state index < -0.39 is 20.4 Å². The fraction of sp³-hybridized carbons (Fsp3) is 0.519. The molecule has 2 amide bonds. The summed E-state index contributed by atoms with van der Waals surface area (Å²) in [6.45, 7) is 7.45. The Morgan fingerprint density at radius 3 is 2.08 bits per heavy atom. The topological polar surface area (TPSA) is 102 Å². The van der Waals surface area contributed by atoms with Gasteiger partial charge < -0.3 is 20.2 Å². The molecule has 3 N–H and O–H groups in total. The molecule has 2 aromatic carbocycles. The van der Waals surface area contributed by atoms with Crippen LogP contribution in [0, 0.1) is 0 Å². The first-order valence-electron chi connectivity index (χ1n) is 12.8. The fourth-order valence-electron chi connectivity index (χ4n) is 4.74. The SMILES string of the molecule is CC(C)(C)S(=O)(=O)NC1CCN(C(=O)Nc2ccc(N3CCC(O)(c4ccc(Cl)cc4)CC3)cc2)CC1. The Morgan fingerprint density at radius 1 is 0.973 bits per heavy atom. The standard InChI is InChI=1S/C27H37ClN4O4S/c1-26(2,3)37(35,36)30-23-12-16-32(17-13-23)25(33)29-22-8-10-24(11-9-22)31-18-14-27(34,15-19-31)20-4-6-21(28)7-5-20/h4-11,23,30,34H,12-19H2,1-3H3,(H,29,33). The van der Waals surface area contributed by atoms with Crippen LogP contribution in [-0.2, 0) is 15.6 Å². The molecule has 2 aromatic rings.